The van der Waals surface area contributed by atoms with Crippen molar-refractivity contribution < 1.29 is 14.6 Å². The van der Waals surface area contributed by atoms with Gasteiger partial charge in [-0.3, -0.25) is 4.79 Å². The molecule has 1 saturated heterocycles. The molecule has 1 heterocycles. The maximum atomic E-state index is 12.4. The lowest BCUT2D eigenvalue weighted by Gasteiger charge is -2.46. The van der Waals surface area contributed by atoms with Crippen molar-refractivity contribution in [1.82, 2.24) is 5.32 Å². The van der Waals surface area contributed by atoms with Gasteiger partial charge in [-0.2, -0.15) is 0 Å². The molecule has 2 aliphatic carbocycles. The third-order valence-corrected chi connectivity index (χ3v) is 6.42. The fourth-order valence-electron chi connectivity index (χ4n) is 4.91. The van der Waals surface area contributed by atoms with Crippen LogP contribution in [0.25, 0.3) is 0 Å². The molecule has 1 saturated carbocycles. The predicted octanol–water partition coefficient (Wildman–Crippen LogP) is 2.66. The fourth-order valence-corrected chi connectivity index (χ4v) is 4.91. The molecule has 3 rings (SSSR count). The van der Waals surface area contributed by atoms with Gasteiger partial charge in [-0.25, -0.2) is 0 Å². The maximum Gasteiger partial charge on any atom is 0.311 e. The first-order valence-electron chi connectivity index (χ1n) is 9.25. The molecule has 3 aliphatic rings. The third kappa shape index (κ3) is 3.08. The minimum atomic E-state index is -0.105. The Bertz CT molecular complexity index is 485. The number of carbonyl (C=O) groups is 1. The van der Waals surface area contributed by atoms with Crippen molar-refractivity contribution in [3.8, 4) is 0 Å². The van der Waals surface area contributed by atoms with E-state index in [2.05, 4.69) is 25.2 Å². The van der Waals surface area contributed by atoms with E-state index in [1.807, 2.05) is 6.92 Å². The van der Waals surface area contributed by atoms with Crippen LogP contribution >= 0.6 is 0 Å². The number of allylic oxidation sites excluding steroid dienone is 1. The van der Waals surface area contributed by atoms with Gasteiger partial charge in [0, 0.05) is 18.5 Å². The van der Waals surface area contributed by atoms with Crippen molar-refractivity contribution in [3.05, 3.63) is 11.6 Å². The number of aliphatic hydroxyl groups excluding tert-OH is 1. The van der Waals surface area contributed by atoms with Gasteiger partial charge in [0.25, 0.3) is 0 Å². The molecule has 1 aliphatic heterocycles. The molecule has 0 aromatic rings. The third-order valence-electron chi connectivity index (χ3n) is 6.42. The zero-order valence-electron chi connectivity index (χ0n) is 14.7. The first-order valence-corrected chi connectivity index (χ1v) is 9.25. The Morgan fingerprint density at radius 3 is 3.00 bits per heavy atom. The highest BCUT2D eigenvalue weighted by Gasteiger charge is 2.51. The molecule has 6 atom stereocenters. The van der Waals surface area contributed by atoms with E-state index in [4.69, 9.17) is 4.74 Å². The van der Waals surface area contributed by atoms with Crippen LogP contribution in [0.1, 0.15) is 52.9 Å². The van der Waals surface area contributed by atoms with Crippen molar-refractivity contribution in [2.24, 2.45) is 23.2 Å². The van der Waals surface area contributed by atoms with Gasteiger partial charge >= 0.3 is 5.97 Å². The van der Waals surface area contributed by atoms with Crippen LogP contribution in [-0.2, 0) is 9.53 Å². The molecule has 0 aromatic carbocycles. The summed E-state index contributed by atoms with van der Waals surface area (Å²) in [4.78, 5) is 12.4. The van der Waals surface area contributed by atoms with Gasteiger partial charge in [0.15, 0.2) is 0 Å². The number of carbonyl (C=O) groups excluding carboxylic acids is 1. The monoisotopic (exact) mass is 321 g/mol. The number of fused-ring (bicyclic) bond motifs is 2. The summed E-state index contributed by atoms with van der Waals surface area (Å²) in [5, 5.41) is 12.7. The molecule has 6 unspecified atom stereocenters. The summed E-state index contributed by atoms with van der Waals surface area (Å²) in [6.07, 6.45) is 8.03. The smallest absolute Gasteiger partial charge is 0.311 e. The van der Waals surface area contributed by atoms with Crippen molar-refractivity contribution in [1.29, 1.82) is 0 Å². The van der Waals surface area contributed by atoms with Crippen molar-refractivity contribution in [2.75, 3.05) is 13.2 Å². The van der Waals surface area contributed by atoms with E-state index in [9.17, 15) is 9.90 Å². The number of esters is 1. The van der Waals surface area contributed by atoms with E-state index in [-0.39, 0.29) is 42.0 Å². The normalized spacial score (nSPS) is 40.9. The molecule has 0 spiro atoms. The molecule has 0 radical (unpaired) electrons. The van der Waals surface area contributed by atoms with Crippen molar-refractivity contribution >= 4 is 5.97 Å². The minimum Gasteiger partial charge on any atom is -0.461 e. The van der Waals surface area contributed by atoms with Gasteiger partial charge in [-0.1, -0.05) is 38.8 Å². The van der Waals surface area contributed by atoms with E-state index in [0.717, 1.165) is 12.8 Å². The first kappa shape index (κ1) is 17.0. The lowest BCUT2D eigenvalue weighted by Crippen LogP contribution is -2.42. The Hall–Kier alpha value is -0.870. The Labute approximate surface area is 139 Å². The van der Waals surface area contributed by atoms with Crippen LogP contribution in [0.3, 0.4) is 0 Å². The van der Waals surface area contributed by atoms with Crippen LogP contribution in [-0.4, -0.2) is 36.4 Å². The summed E-state index contributed by atoms with van der Waals surface area (Å²) in [6.45, 7) is 7.44. The van der Waals surface area contributed by atoms with E-state index >= 15 is 0 Å². The van der Waals surface area contributed by atoms with Crippen LogP contribution in [0.5, 0.6) is 0 Å². The molecule has 2 fully saturated rings. The molecule has 2 N–H and O–H groups in total. The minimum absolute atomic E-state index is 0.0440. The summed E-state index contributed by atoms with van der Waals surface area (Å²) < 4.78 is 5.74. The second-order valence-electron chi connectivity index (χ2n) is 8.04. The van der Waals surface area contributed by atoms with Crippen molar-refractivity contribution in [3.63, 3.8) is 0 Å². The van der Waals surface area contributed by atoms with Crippen LogP contribution in [0.2, 0.25) is 0 Å². The molecular weight excluding hydrogens is 290 g/mol. The second-order valence-corrected chi connectivity index (χ2v) is 8.04. The molecule has 4 heteroatoms. The highest BCUT2D eigenvalue weighted by molar-refractivity contribution is 5.76. The number of hydrogen-bond acceptors (Lipinski definition) is 4. The van der Waals surface area contributed by atoms with E-state index < -0.39 is 0 Å². The fraction of sp³-hybridized carbons (Fsp3) is 0.842. The summed E-state index contributed by atoms with van der Waals surface area (Å²) in [5.74, 6) is 0.661. The first-order chi connectivity index (χ1) is 11.0. The van der Waals surface area contributed by atoms with Crippen LogP contribution in [0, 0.1) is 23.2 Å². The summed E-state index contributed by atoms with van der Waals surface area (Å²) in [7, 11) is 0. The standard InChI is InChI=1S/C19H31NO3/c1-4-13(11-21)20-10-15-14-8-16-12(2)6-5-7-19(16,3)9-17(14)23-18(15)22/h8,12-15,17,20-21H,4-7,9-11H2,1-3H3. The van der Waals surface area contributed by atoms with Gasteiger partial charge in [-0.15, -0.1) is 0 Å². The highest BCUT2D eigenvalue weighted by atomic mass is 16.6. The Kier molecular flexibility index (Phi) is 4.84. The highest BCUT2D eigenvalue weighted by Crippen LogP contribution is 2.53. The number of ether oxygens (including phenoxy) is 1. The Balaban J connectivity index is 1.78. The average Bonchev–Trinajstić information content (AvgIpc) is 2.81. The number of nitrogens with one attached hydrogen (secondary N) is 1. The summed E-state index contributed by atoms with van der Waals surface area (Å²) in [5.41, 5.74) is 1.78. The quantitative estimate of drug-likeness (QED) is 0.604. The second kappa shape index (κ2) is 6.56. The van der Waals surface area contributed by atoms with Gasteiger partial charge < -0.3 is 15.2 Å². The molecule has 23 heavy (non-hydrogen) atoms. The van der Waals surface area contributed by atoms with Gasteiger partial charge in [-0.05, 0) is 37.0 Å². The lowest BCUT2D eigenvalue weighted by atomic mass is 9.59. The SMILES string of the molecule is CCC(CO)NCC1C(=O)OC2CC3(C)CCCC(C)C3=CC21. The van der Waals surface area contributed by atoms with Crippen LogP contribution < -0.4 is 5.32 Å². The van der Waals surface area contributed by atoms with Gasteiger partial charge in [0.2, 0.25) is 0 Å². The molecule has 0 aromatic heterocycles. The van der Waals surface area contributed by atoms with E-state index in [1.165, 1.54) is 19.3 Å². The largest absolute Gasteiger partial charge is 0.461 e. The zero-order valence-corrected chi connectivity index (χ0v) is 14.7. The van der Waals surface area contributed by atoms with Crippen LogP contribution in [0.15, 0.2) is 11.6 Å². The van der Waals surface area contributed by atoms with Crippen molar-refractivity contribution in [2.45, 2.75) is 65.0 Å². The number of rotatable bonds is 5. The number of aliphatic hydroxyl groups is 1. The molecule has 0 amide bonds. The Morgan fingerprint density at radius 1 is 1.52 bits per heavy atom. The number of hydrogen-bond donors (Lipinski definition) is 2. The topological polar surface area (TPSA) is 58.6 Å². The van der Waals surface area contributed by atoms with Gasteiger partial charge in [0.1, 0.15) is 6.10 Å². The molecule has 130 valence electrons. The molecular formula is C19H31NO3. The molecule has 0 bridgehead atoms. The van der Waals surface area contributed by atoms with E-state index in [1.54, 1.807) is 5.57 Å². The molecule has 4 nitrogen and oxygen atoms in total. The Morgan fingerprint density at radius 2 is 2.30 bits per heavy atom. The van der Waals surface area contributed by atoms with Gasteiger partial charge in [0.05, 0.1) is 12.5 Å². The summed E-state index contributed by atoms with van der Waals surface area (Å²) >= 11 is 0. The average molecular weight is 321 g/mol. The maximum absolute atomic E-state index is 12.4. The lowest BCUT2D eigenvalue weighted by molar-refractivity contribution is -0.145. The summed E-state index contributed by atoms with van der Waals surface area (Å²) in [6, 6.07) is 0.0666. The van der Waals surface area contributed by atoms with Crippen LogP contribution in [0.4, 0.5) is 0 Å². The van der Waals surface area contributed by atoms with E-state index in [0.29, 0.717) is 12.5 Å². The predicted molar refractivity (Wildman–Crippen MR) is 89.8 cm³/mol. The zero-order chi connectivity index (χ0) is 16.6.